The molecule has 7 heteroatoms. The summed E-state index contributed by atoms with van der Waals surface area (Å²) in [5.74, 6) is -0.00656. The zero-order chi connectivity index (χ0) is 25.7. The van der Waals surface area contributed by atoms with Gasteiger partial charge in [0.1, 0.15) is 17.4 Å². The van der Waals surface area contributed by atoms with E-state index in [1.165, 1.54) is 74.5 Å². The van der Waals surface area contributed by atoms with Gasteiger partial charge in [-0.15, -0.1) is 13.2 Å². The first-order valence-corrected chi connectivity index (χ1v) is 16.0. The molecule has 2 aromatic carbocycles. The van der Waals surface area contributed by atoms with Gasteiger partial charge in [-0.1, -0.05) is 69.3 Å². The van der Waals surface area contributed by atoms with Crippen LogP contribution < -0.4 is 4.74 Å². The second-order valence-electron chi connectivity index (χ2n) is 10.9. The van der Waals surface area contributed by atoms with Gasteiger partial charge in [0.25, 0.3) is 0 Å². The monoisotopic (exact) mass is 524 g/mol. The Morgan fingerprint density at radius 1 is 0.833 bits per heavy atom. The molecule has 0 atom stereocenters. The summed E-state index contributed by atoms with van der Waals surface area (Å²) in [6.45, 7) is 2.31. The lowest BCUT2D eigenvalue weighted by Gasteiger charge is -2.32. The normalized spacial score (nSPS) is 25.1. The first kappa shape index (κ1) is 27.1. The number of alkyl halides is 3. The maximum absolute atomic E-state index is 15.0. The van der Waals surface area contributed by atoms with Crippen LogP contribution >= 0.6 is 0 Å². The number of rotatable bonds is 8. The Labute approximate surface area is 213 Å². The summed E-state index contributed by atoms with van der Waals surface area (Å²) in [5.41, 5.74) is 0.646. The summed E-state index contributed by atoms with van der Waals surface area (Å²) < 4.78 is 70.8. The molecule has 1 aliphatic heterocycles. The maximum atomic E-state index is 15.0. The lowest BCUT2D eigenvalue weighted by atomic mass is 9.76. The molecule has 0 radical (unpaired) electrons. The van der Waals surface area contributed by atoms with Crippen molar-refractivity contribution < 1.29 is 26.7 Å². The first-order valence-electron chi connectivity index (χ1n) is 13.6. The fraction of sp³-hybridized carbons (Fsp3) is 0.586. The molecule has 198 valence electrons. The van der Waals surface area contributed by atoms with E-state index in [2.05, 4.69) is 11.7 Å². The van der Waals surface area contributed by atoms with Crippen molar-refractivity contribution in [2.24, 2.45) is 11.8 Å². The molecule has 2 aliphatic rings. The molecule has 4 rings (SSSR count). The zero-order valence-corrected chi connectivity index (χ0v) is 22.2. The Balaban J connectivity index is 1.30. The average Bonchev–Trinajstić information content (AvgIpc) is 2.84. The molecule has 1 saturated carbocycles. The fourth-order valence-corrected chi connectivity index (χ4v) is 9.97. The number of hydrogen-bond donors (Lipinski definition) is 0. The Morgan fingerprint density at radius 3 is 1.92 bits per heavy atom. The Morgan fingerprint density at radius 2 is 1.39 bits per heavy atom. The van der Waals surface area contributed by atoms with Gasteiger partial charge in [-0.05, 0) is 78.8 Å². The van der Waals surface area contributed by atoms with E-state index in [4.69, 9.17) is 0 Å². The lowest BCUT2D eigenvalue weighted by Crippen LogP contribution is -2.22. The van der Waals surface area contributed by atoms with Crippen LogP contribution in [0, 0.1) is 23.5 Å². The van der Waals surface area contributed by atoms with Crippen LogP contribution in [0.2, 0.25) is 18.1 Å². The molecule has 1 saturated heterocycles. The van der Waals surface area contributed by atoms with Crippen LogP contribution in [0.5, 0.6) is 5.75 Å². The van der Waals surface area contributed by atoms with E-state index in [1.807, 2.05) is 0 Å². The van der Waals surface area contributed by atoms with E-state index in [0.717, 1.165) is 49.7 Å². The van der Waals surface area contributed by atoms with Crippen LogP contribution in [0.1, 0.15) is 76.2 Å². The third-order valence-corrected chi connectivity index (χ3v) is 12.1. The minimum atomic E-state index is -4.81. The molecule has 0 amide bonds. The summed E-state index contributed by atoms with van der Waals surface area (Å²) >= 11 is 0. The molecule has 0 unspecified atom stereocenters. The molecule has 0 N–H and O–H groups in total. The van der Waals surface area contributed by atoms with E-state index >= 15 is 0 Å². The highest BCUT2D eigenvalue weighted by atomic mass is 28.3. The predicted molar refractivity (Wildman–Crippen MR) is 137 cm³/mol. The molecule has 2 aromatic rings. The summed E-state index contributed by atoms with van der Waals surface area (Å²) in [4.78, 5) is 0. The number of hydrogen-bond acceptors (Lipinski definition) is 1. The highest BCUT2D eigenvalue weighted by Crippen LogP contribution is 2.41. The zero-order valence-electron chi connectivity index (χ0n) is 21.1. The van der Waals surface area contributed by atoms with Crippen molar-refractivity contribution in [2.45, 2.75) is 95.1 Å². The second-order valence-corrected chi connectivity index (χ2v) is 14.4. The lowest BCUT2D eigenvalue weighted by molar-refractivity contribution is -0.274. The van der Waals surface area contributed by atoms with Gasteiger partial charge in [-0.3, -0.25) is 0 Å². The summed E-state index contributed by atoms with van der Waals surface area (Å²) in [7, 11) is -0.418. The molecule has 1 heterocycles. The van der Waals surface area contributed by atoms with Gasteiger partial charge in [-0.2, -0.15) is 0 Å². The van der Waals surface area contributed by atoms with Gasteiger partial charge < -0.3 is 4.74 Å². The van der Waals surface area contributed by atoms with Crippen LogP contribution in [0.15, 0.2) is 36.4 Å². The van der Waals surface area contributed by atoms with Crippen molar-refractivity contribution >= 4 is 8.80 Å². The van der Waals surface area contributed by atoms with Crippen molar-refractivity contribution in [3.05, 3.63) is 53.6 Å². The minimum Gasteiger partial charge on any atom is -0.406 e. The summed E-state index contributed by atoms with van der Waals surface area (Å²) in [6.07, 6.45) is 6.16. The van der Waals surface area contributed by atoms with E-state index < -0.39 is 32.5 Å². The van der Waals surface area contributed by atoms with Crippen LogP contribution in [0.25, 0.3) is 11.1 Å². The third kappa shape index (κ3) is 7.33. The Bertz CT molecular complexity index is 951. The number of benzene rings is 2. The smallest absolute Gasteiger partial charge is 0.406 e. The molecule has 1 aliphatic carbocycles. The Hall–Kier alpha value is -1.89. The molecule has 0 bridgehead atoms. The molecule has 1 nitrogen and oxygen atoms in total. The van der Waals surface area contributed by atoms with Crippen molar-refractivity contribution in [3.63, 3.8) is 0 Å². The van der Waals surface area contributed by atoms with Crippen LogP contribution in [0.3, 0.4) is 0 Å². The predicted octanol–water partition coefficient (Wildman–Crippen LogP) is 9.63. The maximum Gasteiger partial charge on any atom is 0.573 e. The van der Waals surface area contributed by atoms with E-state index in [9.17, 15) is 22.0 Å². The summed E-state index contributed by atoms with van der Waals surface area (Å²) in [6, 6.07) is 12.0. The molecular weight excluding hydrogens is 487 g/mol. The molecule has 2 fully saturated rings. The molecular formula is C29H37F5OSi. The largest absolute Gasteiger partial charge is 0.573 e. The van der Waals surface area contributed by atoms with E-state index in [1.54, 1.807) is 0 Å². The quantitative estimate of drug-likeness (QED) is 0.247. The van der Waals surface area contributed by atoms with Gasteiger partial charge in [-0.25, -0.2) is 8.78 Å². The fourth-order valence-electron chi connectivity index (χ4n) is 6.40. The number of halogens is 5. The molecule has 0 spiro atoms. The van der Waals surface area contributed by atoms with Gasteiger partial charge in [0.2, 0.25) is 0 Å². The van der Waals surface area contributed by atoms with Crippen LogP contribution in [-0.4, -0.2) is 15.2 Å². The second kappa shape index (κ2) is 12.1. The summed E-state index contributed by atoms with van der Waals surface area (Å²) in [5, 5.41) is 0. The SMILES string of the molecule is CCC[Si@H]1CC[C@H](CC[C@H]2CC[C@H](c3cc(F)c(-c4ccc(OC(F)(F)F)cc4)c(F)c3)CC2)CC1. The van der Waals surface area contributed by atoms with Gasteiger partial charge in [0.15, 0.2) is 0 Å². The van der Waals surface area contributed by atoms with Crippen molar-refractivity contribution in [3.8, 4) is 16.9 Å². The average molecular weight is 525 g/mol. The van der Waals surface area contributed by atoms with Crippen molar-refractivity contribution in [1.29, 1.82) is 0 Å². The van der Waals surface area contributed by atoms with Crippen molar-refractivity contribution in [1.82, 2.24) is 0 Å². The molecule has 0 aromatic heterocycles. The number of ether oxygens (including phenoxy) is 1. The first-order chi connectivity index (χ1) is 17.2. The van der Waals surface area contributed by atoms with Gasteiger partial charge in [0.05, 0.1) is 5.56 Å². The standard InChI is InChI=1S/C29H37F5OSi/c1-2-15-36-16-13-21(14-17-36)4-3-20-5-7-22(8-6-20)24-18-26(30)28(27(31)19-24)23-9-11-25(12-10-23)35-29(32,33)34/h9-12,18-22,36H,2-8,13-17H2,1H3/t20-,21-,22-,36-. The Kier molecular flexibility index (Phi) is 9.13. The van der Waals surface area contributed by atoms with Crippen LogP contribution in [-0.2, 0) is 0 Å². The minimum absolute atomic E-state index is 0.150. The molecule has 36 heavy (non-hydrogen) atoms. The van der Waals surface area contributed by atoms with Crippen molar-refractivity contribution in [2.75, 3.05) is 0 Å². The third-order valence-electron chi connectivity index (χ3n) is 8.41. The topological polar surface area (TPSA) is 9.23 Å². The van der Waals surface area contributed by atoms with Gasteiger partial charge in [0, 0.05) is 8.80 Å². The van der Waals surface area contributed by atoms with E-state index in [0.29, 0.717) is 5.56 Å². The van der Waals surface area contributed by atoms with E-state index in [-0.39, 0.29) is 17.0 Å². The highest BCUT2D eigenvalue weighted by molar-refractivity contribution is 6.58. The van der Waals surface area contributed by atoms with Gasteiger partial charge >= 0.3 is 6.36 Å². The van der Waals surface area contributed by atoms with Crippen LogP contribution in [0.4, 0.5) is 22.0 Å². The highest BCUT2D eigenvalue weighted by Gasteiger charge is 2.31.